The van der Waals surface area contributed by atoms with Gasteiger partial charge < -0.3 is 9.05 Å². The first-order valence-corrected chi connectivity index (χ1v) is 5.95. The van der Waals surface area contributed by atoms with E-state index in [-0.39, 0.29) is 12.2 Å². The fourth-order valence-electron chi connectivity index (χ4n) is 0.722. The summed E-state index contributed by atoms with van der Waals surface area (Å²) in [6.07, 6.45) is 2.22. The Bertz CT molecular complexity index is 182. The highest BCUT2D eigenvalue weighted by Crippen LogP contribution is 2.44. The molecule has 0 aliphatic heterocycles. The predicted octanol–water partition coefficient (Wildman–Crippen LogP) is 2.87. The van der Waals surface area contributed by atoms with Crippen molar-refractivity contribution >= 4 is 8.53 Å². The first-order valence-electron chi connectivity index (χ1n) is 4.82. The van der Waals surface area contributed by atoms with Gasteiger partial charge in [0.15, 0.2) is 6.19 Å². The molecule has 14 heavy (non-hydrogen) atoms. The van der Waals surface area contributed by atoms with Crippen LogP contribution < -0.4 is 0 Å². The van der Waals surface area contributed by atoms with Gasteiger partial charge in [0.05, 0.1) is 12.2 Å². The predicted molar refractivity (Wildman–Crippen MR) is 57.4 cm³/mol. The van der Waals surface area contributed by atoms with Gasteiger partial charge in [0.1, 0.15) is 0 Å². The molecule has 0 saturated heterocycles. The van der Waals surface area contributed by atoms with E-state index < -0.39 is 8.53 Å². The smallest absolute Gasteiger partial charge is 0.299 e. The lowest BCUT2D eigenvalue weighted by Gasteiger charge is -2.26. The van der Waals surface area contributed by atoms with Crippen molar-refractivity contribution in [2.24, 2.45) is 0 Å². The first-order chi connectivity index (χ1) is 6.51. The molecular weight excluding hydrogens is 199 g/mol. The summed E-state index contributed by atoms with van der Waals surface area (Å²) in [5.74, 6) is 0. The molecule has 0 aromatic heterocycles. The standard InChI is InChI=1S/C9H19N2O2P/c1-6-11(7-10)14(12-8(2)3)13-9(4)5/h8-9H,6H2,1-5H3. The van der Waals surface area contributed by atoms with E-state index in [0.717, 1.165) is 0 Å². The molecule has 0 heterocycles. The normalized spacial score (nSPS) is 11.1. The highest BCUT2D eigenvalue weighted by atomic mass is 31.2. The Morgan fingerprint density at radius 1 is 1.21 bits per heavy atom. The SMILES string of the molecule is CCN(C#N)P(OC(C)C)OC(C)C. The molecule has 5 heteroatoms. The Morgan fingerprint density at radius 3 is 1.86 bits per heavy atom. The molecule has 0 bridgehead atoms. The number of hydrogen-bond acceptors (Lipinski definition) is 4. The molecule has 82 valence electrons. The summed E-state index contributed by atoms with van der Waals surface area (Å²) >= 11 is 0. The summed E-state index contributed by atoms with van der Waals surface area (Å²) in [6.45, 7) is 10.3. The van der Waals surface area contributed by atoms with Crippen LogP contribution in [0.2, 0.25) is 0 Å². The minimum Gasteiger partial charge on any atom is -0.314 e. The van der Waals surface area contributed by atoms with E-state index in [0.29, 0.717) is 6.54 Å². The topological polar surface area (TPSA) is 45.5 Å². The molecule has 0 atom stereocenters. The Morgan fingerprint density at radius 2 is 1.64 bits per heavy atom. The van der Waals surface area contributed by atoms with Crippen molar-refractivity contribution in [1.82, 2.24) is 4.67 Å². The van der Waals surface area contributed by atoms with Gasteiger partial charge in [0, 0.05) is 6.54 Å². The molecule has 0 N–H and O–H groups in total. The second-order valence-electron chi connectivity index (χ2n) is 3.36. The Labute approximate surface area is 87.8 Å². The quantitative estimate of drug-likeness (QED) is 0.390. The molecule has 4 nitrogen and oxygen atoms in total. The summed E-state index contributed by atoms with van der Waals surface area (Å²) < 4.78 is 12.6. The van der Waals surface area contributed by atoms with Crippen molar-refractivity contribution in [1.29, 1.82) is 5.26 Å². The number of rotatable bonds is 6. The maximum atomic E-state index is 8.85. The van der Waals surface area contributed by atoms with Crippen LogP contribution in [0.1, 0.15) is 34.6 Å². The maximum absolute atomic E-state index is 8.85. The third kappa shape index (κ3) is 5.39. The summed E-state index contributed by atoms with van der Waals surface area (Å²) in [5.41, 5.74) is 0. The van der Waals surface area contributed by atoms with Crippen molar-refractivity contribution in [2.45, 2.75) is 46.8 Å². The molecule has 0 fully saturated rings. The zero-order valence-corrected chi connectivity index (χ0v) is 10.4. The highest BCUT2D eigenvalue weighted by Gasteiger charge is 2.21. The zero-order chi connectivity index (χ0) is 11.1. The second-order valence-corrected chi connectivity index (χ2v) is 4.74. The van der Waals surface area contributed by atoms with E-state index >= 15 is 0 Å². The molecule has 0 saturated carbocycles. The van der Waals surface area contributed by atoms with E-state index in [1.54, 1.807) is 0 Å². The monoisotopic (exact) mass is 218 g/mol. The van der Waals surface area contributed by atoms with E-state index in [4.69, 9.17) is 14.3 Å². The van der Waals surface area contributed by atoms with Crippen LogP contribution in [0, 0.1) is 11.5 Å². The second kappa shape index (κ2) is 7.00. The lowest BCUT2D eigenvalue weighted by Crippen LogP contribution is -2.18. The molecule has 0 amide bonds. The van der Waals surface area contributed by atoms with E-state index in [1.165, 1.54) is 4.67 Å². The van der Waals surface area contributed by atoms with Crippen LogP contribution in [0.25, 0.3) is 0 Å². The van der Waals surface area contributed by atoms with E-state index in [1.807, 2.05) is 34.6 Å². The molecule has 0 spiro atoms. The third-order valence-corrected chi connectivity index (χ3v) is 3.18. The third-order valence-electron chi connectivity index (χ3n) is 1.21. The fourth-order valence-corrected chi connectivity index (χ4v) is 2.02. The van der Waals surface area contributed by atoms with Crippen LogP contribution >= 0.6 is 8.53 Å². The molecule has 0 aliphatic carbocycles. The Hall–Kier alpha value is -0.360. The molecule has 0 rings (SSSR count). The first kappa shape index (κ1) is 13.6. The Kier molecular flexibility index (Phi) is 6.82. The van der Waals surface area contributed by atoms with Crippen molar-refractivity contribution in [2.75, 3.05) is 6.54 Å². The van der Waals surface area contributed by atoms with Crippen LogP contribution in [-0.2, 0) is 9.05 Å². The minimum absolute atomic E-state index is 0.0715. The van der Waals surface area contributed by atoms with Gasteiger partial charge in [0.2, 0.25) is 0 Å². The van der Waals surface area contributed by atoms with Crippen molar-refractivity contribution in [3.63, 3.8) is 0 Å². The lowest BCUT2D eigenvalue weighted by atomic mass is 10.5. The van der Waals surface area contributed by atoms with Crippen molar-refractivity contribution in [3.8, 4) is 6.19 Å². The molecule has 0 aromatic carbocycles. The van der Waals surface area contributed by atoms with Gasteiger partial charge in [-0.1, -0.05) is 0 Å². The van der Waals surface area contributed by atoms with Gasteiger partial charge in [0.25, 0.3) is 8.53 Å². The average molecular weight is 218 g/mol. The summed E-state index contributed by atoms with van der Waals surface area (Å²) in [6, 6.07) is 0. The van der Waals surface area contributed by atoms with Gasteiger partial charge in [-0.15, -0.1) is 0 Å². The van der Waals surface area contributed by atoms with Gasteiger partial charge >= 0.3 is 0 Å². The van der Waals surface area contributed by atoms with Crippen LogP contribution in [-0.4, -0.2) is 23.4 Å². The zero-order valence-electron chi connectivity index (χ0n) is 9.52. The highest BCUT2D eigenvalue weighted by molar-refractivity contribution is 7.44. The fraction of sp³-hybridized carbons (Fsp3) is 0.889. The summed E-state index contributed by atoms with van der Waals surface area (Å²) in [7, 11) is -1.23. The summed E-state index contributed by atoms with van der Waals surface area (Å²) in [5, 5.41) is 8.85. The van der Waals surface area contributed by atoms with E-state index in [9.17, 15) is 0 Å². The van der Waals surface area contributed by atoms with Crippen LogP contribution in [0.15, 0.2) is 0 Å². The lowest BCUT2D eigenvalue weighted by molar-refractivity contribution is 0.156. The Balaban J connectivity index is 4.30. The van der Waals surface area contributed by atoms with Crippen LogP contribution in [0.3, 0.4) is 0 Å². The van der Waals surface area contributed by atoms with Gasteiger partial charge in [-0.05, 0) is 34.6 Å². The molecule has 0 aromatic rings. The van der Waals surface area contributed by atoms with Crippen molar-refractivity contribution < 1.29 is 9.05 Å². The molecule has 0 aliphatic rings. The van der Waals surface area contributed by atoms with Gasteiger partial charge in [-0.2, -0.15) is 5.26 Å². The van der Waals surface area contributed by atoms with Crippen molar-refractivity contribution in [3.05, 3.63) is 0 Å². The van der Waals surface area contributed by atoms with Gasteiger partial charge in [-0.3, -0.25) is 0 Å². The maximum Gasteiger partial charge on any atom is 0.299 e. The minimum atomic E-state index is -1.23. The number of nitrogens with zero attached hydrogens (tertiary/aromatic N) is 2. The summed E-state index contributed by atoms with van der Waals surface area (Å²) in [4.78, 5) is 0. The van der Waals surface area contributed by atoms with Gasteiger partial charge in [-0.25, -0.2) is 4.67 Å². The molecule has 0 unspecified atom stereocenters. The molecule has 0 radical (unpaired) electrons. The van der Waals surface area contributed by atoms with E-state index in [2.05, 4.69) is 6.19 Å². The van der Waals surface area contributed by atoms with Crippen LogP contribution in [0.4, 0.5) is 0 Å². The number of hydrogen-bond donors (Lipinski definition) is 0. The van der Waals surface area contributed by atoms with Crippen LogP contribution in [0.5, 0.6) is 0 Å². The number of nitriles is 1. The average Bonchev–Trinajstić information content (AvgIpc) is 2.03. The largest absolute Gasteiger partial charge is 0.314 e. The molecular formula is C9H19N2O2P.